The molecule has 1 N–H and O–H groups in total. The number of amides is 1. The first-order valence-electron chi connectivity index (χ1n) is 9.79. The van der Waals surface area contributed by atoms with Crippen LogP contribution in [0.25, 0.3) is 0 Å². The van der Waals surface area contributed by atoms with Crippen LogP contribution in [0.5, 0.6) is 0 Å². The van der Waals surface area contributed by atoms with Crippen molar-refractivity contribution in [3.63, 3.8) is 0 Å². The second kappa shape index (κ2) is 9.07. The summed E-state index contributed by atoms with van der Waals surface area (Å²) in [5, 5.41) is 2.83. The fourth-order valence-corrected chi connectivity index (χ4v) is 5.60. The number of carbonyl (C=O) groups is 1. The number of rotatable bonds is 6. The van der Waals surface area contributed by atoms with Gasteiger partial charge in [-0.2, -0.15) is 4.31 Å². The van der Waals surface area contributed by atoms with Crippen molar-refractivity contribution >= 4 is 25.8 Å². The molecule has 0 radical (unpaired) electrons. The number of aryl methyl sites for hydroxylation is 1. The molecule has 1 aliphatic heterocycles. The van der Waals surface area contributed by atoms with E-state index in [9.17, 15) is 21.6 Å². The monoisotopic (exact) mass is 466 g/mol. The first kappa shape index (κ1) is 23.4. The highest BCUT2D eigenvalue weighted by molar-refractivity contribution is 7.90. The van der Waals surface area contributed by atoms with E-state index in [1.165, 1.54) is 22.5 Å². The second-order valence-corrected chi connectivity index (χ2v) is 11.5. The van der Waals surface area contributed by atoms with Crippen molar-refractivity contribution in [3.8, 4) is 0 Å². The van der Waals surface area contributed by atoms with Crippen molar-refractivity contribution in [3.05, 3.63) is 59.2 Å². The largest absolute Gasteiger partial charge is 0.379 e. The molecule has 1 amide bonds. The molecule has 0 spiro atoms. The first-order valence-corrected chi connectivity index (χ1v) is 13.1. The molecule has 1 saturated heterocycles. The van der Waals surface area contributed by atoms with Crippen LogP contribution in [0, 0.1) is 6.92 Å². The Balaban J connectivity index is 1.80. The van der Waals surface area contributed by atoms with Gasteiger partial charge in [-0.3, -0.25) is 4.79 Å². The summed E-state index contributed by atoms with van der Waals surface area (Å²) >= 11 is 0. The fraction of sp³-hybridized carbons (Fsp3) is 0.381. The predicted octanol–water partition coefficient (Wildman–Crippen LogP) is 1.91. The lowest BCUT2D eigenvalue weighted by atomic mass is 10.1. The maximum Gasteiger partial charge on any atom is 0.251 e. The lowest BCUT2D eigenvalue weighted by molar-refractivity contribution is 0.0730. The van der Waals surface area contributed by atoms with Crippen molar-refractivity contribution in [2.75, 3.05) is 32.6 Å². The van der Waals surface area contributed by atoms with E-state index in [2.05, 4.69) is 5.32 Å². The van der Waals surface area contributed by atoms with Crippen LogP contribution in [-0.2, 0) is 24.6 Å². The minimum atomic E-state index is -3.73. The molecule has 3 rings (SSSR count). The number of benzene rings is 2. The highest BCUT2D eigenvalue weighted by Crippen LogP contribution is 2.23. The summed E-state index contributed by atoms with van der Waals surface area (Å²) in [4.78, 5) is 13.1. The molecule has 0 aromatic heterocycles. The van der Waals surface area contributed by atoms with E-state index >= 15 is 0 Å². The quantitative estimate of drug-likeness (QED) is 0.696. The molecule has 1 unspecified atom stereocenters. The summed E-state index contributed by atoms with van der Waals surface area (Å²) < 4.78 is 55.9. The Labute approximate surface area is 183 Å². The number of morpholine rings is 1. The molecule has 1 atom stereocenters. The molecule has 0 bridgehead atoms. The van der Waals surface area contributed by atoms with Gasteiger partial charge in [-0.25, -0.2) is 16.8 Å². The summed E-state index contributed by atoms with van der Waals surface area (Å²) in [7, 11) is -7.03. The smallest absolute Gasteiger partial charge is 0.251 e. The van der Waals surface area contributed by atoms with Crippen LogP contribution in [0.15, 0.2) is 52.3 Å². The Morgan fingerprint density at radius 3 is 2.23 bits per heavy atom. The zero-order valence-corrected chi connectivity index (χ0v) is 19.3. The maximum atomic E-state index is 13.0. The van der Waals surface area contributed by atoms with Gasteiger partial charge in [-0.05, 0) is 49.2 Å². The average molecular weight is 467 g/mol. The number of ether oxygens (including phenoxy) is 1. The molecule has 1 aliphatic rings. The van der Waals surface area contributed by atoms with Gasteiger partial charge >= 0.3 is 0 Å². The normalized spacial score (nSPS) is 16.6. The van der Waals surface area contributed by atoms with Gasteiger partial charge in [-0.15, -0.1) is 0 Å². The van der Waals surface area contributed by atoms with Crippen LogP contribution in [0.4, 0.5) is 0 Å². The molecule has 2 aromatic carbocycles. The third kappa shape index (κ3) is 5.32. The minimum Gasteiger partial charge on any atom is -0.379 e. The lowest BCUT2D eigenvalue weighted by Crippen LogP contribution is -2.41. The Kier molecular flexibility index (Phi) is 6.85. The van der Waals surface area contributed by atoms with Gasteiger partial charge in [0.1, 0.15) is 0 Å². The lowest BCUT2D eigenvalue weighted by Gasteiger charge is -2.26. The second-order valence-electron chi connectivity index (χ2n) is 7.53. The van der Waals surface area contributed by atoms with Gasteiger partial charge in [0.15, 0.2) is 9.84 Å². The van der Waals surface area contributed by atoms with E-state index in [-0.39, 0.29) is 28.4 Å². The van der Waals surface area contributed by atoms with Gasteiger partial charge in [0.2, 0.25) is 10.0 Å². The van der Waals surface area contributed by atoms with Crippen LogP contribution in [0.1, 0.15) is 34.5 Å². The third-order valence-electron chi connectivity index (χ3n) is 5.19. The molecular weight excluding hydrogens is 440 g/mol. The van der Waals surface area contributed by atoms with Crippen LogP contribution in [0.2, 0.25) is 0 Å². The van der Waals surface area contributed by atoms with Crippen LogP contribution < -0.4 is 5.32 Å². The van der Waals surface area contributed by atoms with Gasteiger partial charge in [0, 0.05) is 24.9 Å². The zero-order chi connectivity index (χ0) is 22.8. The topological polar surface area (TPSA) is 110 Å². The van der Waals surface area contributed by atoms with Crippen LogP contribution in [0.3, 0.4) is 0 Å². The highest BCUT2D eigenvalue weighted by atomic mass is 32.2. The number of hydrogen-bond acceptors (Lipinski definition) is 6. The summed E-state index contributed by atoms with van der Waals surface area (Å²) in [5.41, 5.74) is 1.53. The summed E-state index contributed by atoms with van der Waals surface area (Å²) in [5.74, 6) is -0.418. The van der Waals surface area contributed by atoms with Crippen LogP contribution >= 0.6 is 0 Å². The SMILES string of the molecule is Cc1ccc(C(=O)NC(C)c2ccc(S(C)(=O)=O)cc2)cc1S(=O)(=O)N1CCOCC1. The van der Waals surface area contributed by atoms with E-state index in [0.717, 1.165) is 11.8 Å². The molecule has 0 saturated carbocycles. The molecule has 1 fully saturated rings. The van der Waals surface area contributed by atoms with E-state index in [1.54, 1.807) is 38.1 Å². The fourth-order valence-electron chi connectivity index (χ4n) is 3.31. The van der Waals surface area contributed by atoms with Gasteiger partial charge in [-0.1, -0.05) is 18.2 Å². The Bertz CT molecular complexity index is 1170. The number of hydrogen-bond donors (Lipinski definition) is 1. The van der Waals surface area contributed by atoms with Gasteiger partial charge in [0.05, 0.1) is 29.0 Å². The van der Waals surface area contributed by atoms with Crippen molar-refractivity contribution in [2.24, 2.45) is 0 Å². The van der Waals surface area contributed by atoms with Crippen molar-refractivity contribution < 1.29 is 26.4 Å². The standard InChI is InChI=1S/C21H26N2O6S2/c1-15-4-5-18(14-20(15)31(27,28)23-10-12-29-13-11-23)21(24)22-16(2)17-6-8-19(9-7-17)30(3,25)26/h4-9,14,16H,10-13H2,1-3H3,(H,22,24). The number of nitrogens with zero attached hydrogens (tertiary/aromatic N) is 1. The van der Waals surface area contributed by atoms with Gasteiger partial charge in [0.25, 0.3) is 5.91 Å². The predicted molar refractivity (Wildman–Crippen MR) is 116 cm³/mol. The molecule has 0 aliphatic carbocycles. The summed E-state index contributed by atoms with van der Waals surface area (Å²) in [6.07, 6.45) is 1.13. The number of sulfonamides is 1. The summed E-state index contributed by atoms with van der Waals surface area (Å²) in [6.45, 7) is 4.70. The zero-order valence-electron chi connectivity index (χ0n) is 17.7. The van der Waals surface area contributed by atoms with E-state index in [1.807, 2.05) is 0 Å². The highest BCUT2D eigenvalue weighted by Gasteiger charge is 2.28. The molecule has 168 valence electrons. The molecular formula is C21H26N2O6S2. The summed E-state index contributed by atoms with van der Waals surface area (Å²) in [6, 6.07) is 10.5. The number of nitrogens with one attached hydrogen (secondary N) is 1. The van der Waals surface area contributed by atoms with E-state index < -0.39 is 31.8 Å². The van der Waals surface area contributed by atoms with Crippen molar-refractivity contribution in [1.82, 2.24) is 9.62 Å². The number of carbonyl (C=O) groups excluding carboxylic acids is 1. The molecule has 31 heavy (non-hydrogen) atoms. The van der Waals surface area contributed by atoms with E-state index in [4.69, 9.17) is 4.74 Å². The Morgan fingerprint density at radius 1 is 1.03 bits per heavy atom. The van der Waals surface area contributed by atoms with Crippen molar-refractivity contribution in [2.45, 2.75) is 29.7 Å². The molecule has 1 heterocycles. The van der Waals surface area contributed by atoms with Gasteiger partial charge < -0.3 is 10.1 Å². The Morgan fingerprint density at radius 2 is 1.65 bits per heavy atom. The van der Waals surface area contributed by atoms with E-state index in [0.29, 0.717) is 18.8 Å². The van der Waals surface area contributed by atoms with Crippen LogP contribution in [-0.4, -0.2) is 59.6 Å². The molecule has 10 heteroatoms. The first-order chi connectivity index (χ1) is 14.5. The molecule has 2 aromatic rings. The number of sulfone groups is 1. The average Bonchev–Trinajstić information content (AvgIpc) is 2.74. The van der Waals surface area contributed by atoms with Crippen molar-refractivity contribution in [1.29, 1.82) is 0 Å². The molecule has 8 nitrogen and oxygen atoms in total. The maximum absolute atomic E-state index is 13.0. The Hall–Kier alpha value is -2.27. The third-order valence-corrected chi connectivity index (χ3v) is 8.36. The minimum absolute atomic E-state index is 0.104.